The highest BCUT2D eigenvalue weighted by atomic mass is 35.5. The first kappa shape index (κ1) is 16.8. The molecule has 0 amide bonds. The van der Waals surface area contributed by atoms with Crippen LogP contribution in [0.4, 0.5) is 4.39 Å². The van der Waals surface area contributed by atoms with E-state index in [0.717, 1.165) is 6.54 Å². The summed E-state index contributed by atoms with van der Waals surface area (Å²) in [6.45, 7) is 2.80. The molecule has 0 spiro atoms. The predicted octanol–water partition coefficient (Wildman–Crippen LogP) is 1.37. The van der Waals surface area contributed by atoms with Crippen molar-refractivity contribution in [3.8, 4) is 0 Å². The van der Waals surface area contributed by atoms with Gasteiger partial charge in [0.25, 0.3) is 0 Å². The number of hydrogen-bond donors (Lipinski definition) is 2. The molecule has 102 valence electrons. The molecule has 0 bridgehead atoms. The van der Waals surface area contributed by atoms with E-state index in [9.17, 15) is 14.3 Å². The summed E-state index contributed by atoms with van der Waals surface area (Å²) in [6.07, 6.45) is -0.786. The molecule has 2 N–H and O–H groups in total. The van der Waals surface area contributed by atoms with Gasteiger partial charge in [-0.1, -0.05) is 19.1 Å². The van der Waals surface area contributed by atoms with Gasteiger partial charge in [-0.3, -0.25) is 0 Å². The fourth-order valence-corrected chi connectivity index (χ4v) is 1.25. The van der Waals surface area contributed by atoms with Crippen LogP contribution >= 0.6 is 12.4 Å². The van der Waals surface area contributed by atoms with Crippen molar-refractivity contribution < 1.29 is 19.0 Å². The molecule has 0 aliphatic carbocycles. The zero-order valence-corrected chi connectivity index (χ0v) is 10.9. The van der Waals surface area contributed by atoms with Crippen molar-refractivity contribution in [2.24, 2.45) is 0 Å². The molecule has 0 saturated heterocycles. The molecule has 0 saturated carbocycles. The number of carbonyl (C=O) groups excluding carboxylic acids is 1. The molecule has 0 radical (unpaired) electrons. The molecule has 0 aliphatic rings. The first-order valence-electron chi connectivity index (χ1n) is 5.45. The van der Waals surface area contributed by atoms with Gasteiger partial charge in [-0.2, -0.15) is 0 Å². The second-order valence-electron chi connectivity index (χ2n) is 3.54. The minimum Gasteiger partial charge on any atom is -0.459 e. The molecular weight excluding hydrogens is 261 g/mol. The molecule has 1 aromatic carbocycles. The number of nitrogens with one attached hydrogen (secondary N) is 1. The van der Waals surface area contributed by atoms with Crippen LogP contribution in [-0.4, -0.2) is 36.9 Å². The first-order valence-corrected chi connectivity index (χ1v) is 5.45. The normalized spacial score (nSPS) is 11.5. The molecule has 6 heteroatoms. The fourth-order valence-electron chi connectivity index (χ4n) is 1.25. The van der Waals surface area contributed by atoms with Crippen LogP contribution in [0.5, 0.6) is 0 Å². The average molecular weight is 278 g/mol. The van der Waals surface area contributed by atoms with Gasteiger partial charge in [-0.05, 0) is 18.7 Å². The fraction of sp³-hybridized carbons (Fsp3) is 0.417. The Hall–Kier alpha value is -1.17. The van der Waals surface area contributed by atoms with E-state index < -0.39 is 17.9 Å². The quantitative estimate of drug-likeness (QED) is 0.771. The molecule has 0 heterocycles. The molecule has 1 aromatic rings. The summed E-state index contributed by atoms with van der Waals surface area (Å²) < 4.78 is 18.0. The summed E-state index contributed by atoms with van der Waals surface area (Å²) in [6, 6.07) is 5.57. The number of halogens is 2. The van der Waals surface area contributed by atoms with Gasteiger partial charge in [0.05, 0.1) is 5.56 Å². The number of esters is 1. The lowest BCUT2D eigenvalue weighted by molar-refractivity contribution is 0.0256. The summed E-state index contributed by atoms with van der Waals surface area (Å²) in [5, 5.41) is 12.3. The number of hydrogen-bond acceptors (Lipinski definition) is 4. The van der Waals surface area contributed by atoms with Crippen LogP contribution in [0, 0.1) is 5.82 Å². The lowest BCUT2D eigenvalue weighted by Gasteiger charge is -2.11. The molecule has 1 atom stereocenters. The minimum absolute atomic E-state index is 0. The van der Waals surface area contributed by atoms with Gasteiger partial charge in [-0.25, -0.2) is 9.18 Å². The third kappa shape index (κ3) is 5.44. The van der Waals surface area contributed by atoms with E-state index in [-0.39, 0.29) is 24.6 Å². The smallest absolute Gasteiger partial charge is 0.341 e. The van der Waals surface area contributed by atoms with Crippen molar-refractivity contribution >= 4 is 18.4 Å². The van der Waals surface area contributed by atoms with Crippen molar-refractivity contribution in [3.63, 3.8) is 0 Å². The number of ether oxygens (including phenoxy) is 1. The number of likely N-dealkylation sites (N-methyl/N-ethyl adjacent to an activating group) is 1. The van der Waals surface area contributed by atoms with E-state index in [4.69, 9.17) is 4.74 Å². The van der Waals surface area contributed by atoms with Crippen molar-refractivity contribution in [3.05, 3.63) is 35.6 Å². The van der Waals surface area contributed by atoms with Gasteiger partial charge in [0.15, 0.2) is 0 Å². The van der Waals surface area contributed by atoms with E-state index in [0.29, 0.717) is 6.54 Å². The Morgan fingerprint density at radius 3 is 2.78 bits per heavy atom. The Bertz CT molecular complexity index is 376. The van der Waals surface area contributed by atoms with Gasteiger partial charge < -0.3 is 15.2 Å². The summed E-state index contributed by atoms with van der Waals surface area (Å²) in [4.78, 5) is 11.5. The Kier molecular flexibility index (Phi) is 8.28. The minimum atomic E-state index is -0.786. The Morgan fingerprint density at radius 1 is 1.50 bits per heavy atom. The maximum atomic E-state index is 13.2. The topological polar surface area (TPSA) is 58.6 Å². The Balaban J connectivity index is 0.00000289. The van der Waals surface area contributed by atoms with Crippen LogP contribution in [0.2, 0.25) is 0 Å². The van der Waals surface area contributed by atoms with E-state index in [1.54, 1.807) is 6.07 Å². The summed E-state index contributed by atoms with van der Waals surface area (Å²) in [7, 11) is 0. The van der Waals surface area contributed by atoms with Crippen LogP contribution in [0.3, 0.4) is 0 Å². The zero-order chi connectivity index (χ0) is 12.7. The molecule has 0 aliphatic heterocycles. The van der Waals surface area contributed by atoms with Crippen molar-refractivity contribution in [2.45, 2.75) is 13.0 Å². The Morgan fingerprint density at radius 2 is 2.17 bits per heavy atom. The highest BCUT2D eigenvalue weighted by Gasteiger charge is 2.14. The largest absolute Gasteiger partial charge is 0.459 e. The van der Waals surface area contributed by atoms with Gasteiger partial charge in [0.1, 0.15) is 18.5 Å². The molecule has 1 unspecified atom stereocenters. The maximum Gasteiger partial charge on any atom is 0.341 e. The van der Waals surface area contributed by atoms with Crippen LogP contribution in [0.25, 0.3) is 0 Å². The van der Waals surface area contributed by atoms with Crippen LogP contribution in [0.1, 0.15) is 17.3 Å². The number of benzene rings is 1. The second kappa shape index (κ2) is 8.85. The number of rotatable bonds is 6. The number of aliphatic hydroxyl groups excluding tert-OH is 1. The first-order chi connectivity index (χ1) is 8.15. The van der Waals surface area contributed by atoms with Crippen LogP contribution < -0.4 is 5.32 Å². The number of aliphatic hydroxyl groups is 1. The molecule has 18 heavy (non-hydrogen) atoms. The summed E-state index contributed by atoms with van der Waals surface area (Å²) in [5.74, 6) is -1.39. The highest BCUT2D eigenvalue weighted by Crippen LogP contribution is 2.07. The van der Waals surface area contributed by atoms with E-state index in [1.807, 2.05) is 6.92 Å². The SMILES string of the molecule is CCNCC(O)COC(=O)c1ccccc1F.Cl. The van der Waals surface area contributed by atoms with Gasteiger partial charge in [0, 0.05) is 6.54 Å². The molecule has 0 aromatic heterocycles. The van der Waals surface area contributed by atoms with Crippen molar-refractivity contribution in [1.82, 2.24) is 5.32 Å². The van der Waals surface area contributed by atoms with Crippen molar-refractivity contribution in [1.29, 1.82) is 0 Å². The predicted molar refractivity (Wildman–Crippen MR) is 68.5 cm³/mol. The van der Waals surface area contributed by atoms with Gasteiger partial charge >= 0.3 is 5.97 Å². The second-order valence-corrected chi connectivity index (χ2v) is 3.54. The van der Waals surface area contributed by atoms with Crippen LogP contribution in [-0.2, 0) is 4.74 Å². The van der Waals surface area contributed by atoms with Crippen LogP contribution in [0.15, 0.2) is 24.3 Å². The number of carbonyl (C=O) groups is 1. The maximum absolute atomic E-state index is 13.2. The molecule has 0 fully saturated rings. The highest BCUT2D eigenvalue weighted by molar-refractivity contribution is 5.89. The van der Waals surface area contributed by atoms with E-state index in [2.05, 4.69) is 5.32 Å². The lowest BCUT2D eigenvalue weighted by Crippen LogP contribution is -2.31. The molecular formula is C12H17ClFNO3. The lowest BCUT2D eigenvalue weighted by atomic mass is 10.2. The van der Waals surface area contributed by atoms with E-state index >= 15 is 0 Å². The third-order valence-corrected chi connectivity index (χ3v) is 2.13. The average Bonchev–Trinajstić information content (AvgIpc) is 2.34. The molecule has 1 rings (SSSR count). The molecule has 4 nitrogen and oxygen atoms in total. The summed E-state index contributed by atoms with van der Waals surface area (Å²) in [5.41, 5.74) is -0.122. The van der Waals surface area contributed by atoms with Gasteiger partial charge in [-0.15, -0.1) is 12.4 Å². The third-order valence-electron chi connectivity index (χ3n) is 2.13. The van der Waals surface area contributed by atoms with Gasteiger partial charge in [0.2, 0.25) is 0 Å². The van der Waals surface area contributed by atoms with Crippen molar-refractivity contribution in [2.75, 3.05) is 19.7 Å². The van der Waals surface area contributed by atoms with E-state index in [1.165, 1.54) is 18.2 Å². The Labute approximate surface area is 112 Å². The zero-order valence-electron chi connectivity index (χ0n) is 10.1. The standard InChI is InChI=1S/C12H16FNO3.ClH/c1-2-14-7-9(15)8-17-12(16)10-5-3-4-6-11(10)13;/h3-6,9,14-15H,2,7-8H2,1H3;1H. The summed E-state index contributed by atoms with van der Waals surface area (Å²) >= 11 is 0. The monoisotopic (exact) mass is 277 g/mol.